The predicted molar refractivity (Wildman–Crippen MR) is 50.4 cm³/mol. The molecule has 1 heterocycles. The van der Waals surface area contributed by atoms with Crippen LogP contribution in [-0.4, -0.2) is 42.5 Å². The van der Waals surface area contributed by atoms with Gasteiger partial charge in [0.05, 0.1) is 6.61 Å². The summed E-state index contributed by atoms with van der Waals surface area (Å²) in [5.74, 6) is -0.409. The first-order chi connectivity index (χ1) is 6.63. The Morgan fingerprint density at radius 3 is 3.00 bits per heavy atom. The zero-order valence-electron chi connectivity index (χ0n) is 8.36. The Hall–Kier alpha value is -1.10. The first-order valence-corrected chi connectivity index (χ1v) is 4.82. The van der Waals surface area contributed by atoms with Crippen LogP contribution in [0.25, 0.3) is 0 Å². The zero-order chi connectivity index (χ0) is 10.6. The Morgan fingerprint density at radius 2 is 2.43 bits per heavy atom. The number of amides is 1. The van der Waals surface area contributed by atoms with Gasteiger partial charge in [0.2, 0.25) is 5.91 Å². The van der Waals surface area contributed by atoms with E-state index in [-0.39, 0.29) is 24.5 Å². The van der Waals surface area contributed by atoms with Crippen molar-refractivity contribution in [1.82, 2.24) is 4.90 Å². The van der Waals surface area contributed by atoms with Gasteiger partial charge in [0, 0.05) is 19.0 Å². The van der Waals surface area contributed by atoms with Crippen molar-refractivity contribution in [2.75, 3.05) is 19.7 Å². The number of carbonyl (C=O) groups is 2. The number of rotatable bonds is 3. The standard InChI is InChI=1S/C9H16N2O3/c1-2-14-9(13)6-11-4-3-7(10)5-8(11)12/h7H,2-6,10H2,1H3/t7-/m0/s1. The molecule has 0 aromatic heterocycles. The minimum Gasteiger partial charge on any atom is -0.465 e. The van der Waals surface area contributed by atoms with Crippen molar-refractivity contribution in [2.24, 2.45) is 5.73 Å². The Kier molecular flexibility index (Phi) is 3.88. The summed E-state index contributed by atoms with van der Waals surface area (Å²) in [6.45, 7) is 2.70. The highest BCUT2D eigenvalue weighted by Crippen LogP contribution is 2.09. The maximum Gasteiger partial charge on any atom is 0.325 e. The van der Waals surface area contributed by atoms with Crippen LogP contribution in [0.2, 0.25) is 0 Å². The van der Waals surface area contributed by atoms with E-state index in [2.05, 4.69) is 0 Å². The topological polar surface area (TPSA) is 72.6 Å². The van der Waals surface area contributed by atoms with Crippen LogP contribution in [0.3, 0.4) is 0 Å². The van der Waals surface area contributed by atoms with E-state index in [0.717, 1.165) is 6.42 Å². The molecule has 5 nitrogen and oxygen atoms in total. The van der Waals surface area contributed by atoms with Gasteiger partial charge >= 0.3 is 5.97 Å². The molecule has 0 aromatic carbocycles. The van der Waals surface area contributed by atoms with Crippen LogP contribution in [0.1, 0.15) is 19.8 Å². The molecule has 0 aromatic rings. The number of hydrogen-bond donors (Lipinski definition) is 1. The third-order valence-electron chi connectivity index (χ3n) is 2.18. The smallest absolute Gasteiger partial charge is 0.325 e. The average molecular weight is 200 g/mol. The Labute approximate surface area is 83.2 Å². The lowest BCUT2D eigenvalue weighted by Crippen LogP contribution is -2.46. The summed E-state index contributed by atoms with van der Waals surface area (Å²) in [5, 5.41) is 0. The maximum atomic E-state index is 11.4. The van der Waals surface area contributed by atoms with Gasteiger partial charge in [-0.25, -0.2) is 0 Å². The molecule has 1 aliphatic rings. The van der Waals surface area contributed by atoms with E-state index < -0.39 is 0 Å². The van der Waals surface area contributed by atoms with Gasteiger partial charge in [-0.15, -0.1) is 0 Å². The SMILES string of the molecule is CCOC(=O)CN1CC[C@H](N)CC1=O. The van der Waals surface area contributed by atoms with Crippen molar-refractivity contribution in [2.45, 2.75) is 25.8 Å². The lowest BCUT2D eigenvalue weighted by molar-refractivity contribution is -0.150. The number of ether oxygens (including phenoxy) is 1. The van der Waals surface area contributed by atoms with Crippen LogP contribution in [0.15, 0.2) is 0 Å². The molecule has 2 N–H and O–H groups in total. The molecule has 0 radical (unpaired) electrons. The highest BCUT2D eigenvalue weighted by molar-refractivity contribution is 5.83. The number of likely N-dealkylation sites (tertiary alicyclic amines) is 1. The van der Waals surface area contributed by atoms with E-state index in [1.54, 1.807) is 6.92 Å². The van der Waals surface area contributed by atoms with Crippen LogP contribution in [0.5, 0.6) is 0 Å². The van der Waals surface area contributed by atoms with E-state index in [1.165, 1.54) is 4.90 Å². The van der Waals surface area contributed by atoms with E-state index in [4.69, 9.17) is 10.5 Å². The first-order valence-electron chi connectivity index (χ1n) is 4.82. The van der Waals surface area contributed by atoms with Gasteiger partial charge in [-0.05, 0) is 13.3 Å². The Bertz CT molecular complexity index is 230. The van der Waals surface area contributed by atoms with Crippen LogP contribution in [0, 0.1) is 0 Å². The molecule has 1 aliphatic heterocycles. The summed E-state index contributed by atoms with van der Waals surface area (Å²) < 4.78 is 4.76. The van der Waals surface area contributed by atoms with Gasteiger partial charge in [0.1, 0.15) is 6.54 Å². The molecule has 1 amide bonds. The molecule has 1 fully saturated rings. The fourth-order valence-electron chi connectivity index (χ4n) is 1.43. The minimum absolute atomic E-state index is 0.0547. The molecule has 0 aliphatic carbocycles. The van der Waals surface area contributed by atoms with Gasteiger partial charge in [-0.1, -0.05) is 0 Å². The van der Waals surface area contributed by atoms with Gasteiger partial charge in [0.25, 0.3) is 0 Å². The fourth-order valence-corrected chi connectivity index (χ4v) is 1.43. The summed E-state index contributed by atoms with van der Waals surface area (Å²) in [7, 11) is 0. The molecular formula is C9H16N2O3. The van der Waals surface area contributed by atoms with Crippen molar-refractivity contribution < 1.29 is 14.3 Å². The second-order valence-corrected chi connectivity index (χ2v) is 3.37. The van der Waals surface area contributed by atoms with E-state index in [9.17, 15) is 9.59 Å². The molecule has 80 valence electrons. The molecule has 1 saturated heterocycles. The highest BCUT2D eigenvalue weighted by atomic mass is 16.5. The molecule has 14 heavy (non-hydrogen) atoms. The van der Waals surface area contributed by atoms with Crippen LogP contribution < -0.4 is 5.73 Å². The summed E-state index contributed by atoms with van der Waals surface area (Å²) in [4.78, 5) is 24.0. The lowest BCUT2D eigenvalue weighted by Gasteiger charge is -2.28. The summed E-state index contributed by atoms with van der Waals surface area (Å²) in [6, 6.07) is -0.0547. The Balaban J connectivity index is 2.37. The predicted octanol–water partition coefficient (Wildman–Crippen LogP) is -0.501. The maximum absolute atomic E-state index is 11.4. The zero-order valence-corrected chi connectivity index (χ0v) is 8.36. The van der Waals surface area contributed by atoms with Gasteiger partial charge in [0.15, 0.2) is 0 Å². The van der Waals surface area contributed by atoms with Gasteiger partial charge in [-0.3, -0.25) is 9.59 Å². The molecule has 0 unspecified atom stereocenters. The third kappa shape index (κ3) is 2.99. The number of esters is 1. The Morgan fingerprint density at radius 1 is 1.71 bits per heavy atom. The van der Waals surface area contributed by atoms with Crippen LogP contribution >= 0.6 is 0 Å². The molecule has 5 heteroatoms. The number of nitrogens with two attached hydrogens (primary N) is 1. The van der Waals surface area contributed by atoms with Crippen LogP contribution in [-0.2, 0) is 14.3 Å². The summed E-state index contributed by atoms with van der Waals surface area (Å²) in [6.07, 6.45) is 1.09. The van der Waals surface area contributed by atoms with Crippen molar-refractivity contribution in [3.05, 3.63) is 0 Å². The average Bonchev–Trinajstić information content (AvgIpc) is 2.10. The first kappa shape index (κ1) is 11.0. The quantitative estimate of drug-likeness (QED) is 0.623. The molecule has 0 saturated carbocycles. The fraction of sp³-hybridized carbons (Fsp3) is 0.778. The second kappa shape index (κ2) is 4.95. The molecule has 1 rings (SSSR count). The van der Waals surface area contributed by atoms with Crippen molar-refractivity contribution in [3.8, 4) is 0 Å². The summed E-state index contributed by atoms with van der Waals surface area (Å²) in [5.41, 5.74) is 5.61. The van der Waals surface area contributed by atoms with E-state index in [0.29, 0.717) is 19.6 Å². The van der Waals surface area contributed by atoms with Crippen LogP contribution in [0.4, 0.5) is 0 Å². The lowest BCUT2D eigenvalue weighted by atomic mass is 10.1. The normalized spacial score (nSPS) is 22.3. The number of hydrogen-bond acceptors (Lipinski definition) is 4. The van der Waals surface area contributed by atoms with Crippen molar-refractivity contribution in [3.63, 3.8) is 0 Å². The largest absolute Gasteiger partial charge is 0.465 e. The number of nitrogens with zero attached hydrogens (tertiary/aromatic N) is 1. The number of piperidine rings is 1. The third-order valence-corrected chi connectivity index (χ3v) is 2.18. The highest BCUT2D eigenvalue weighted by Gasteiger charge is 2.25. The molecular weight excluding hydrogens is 184 g/mol. The molecule has 1 atom stereocenters. The summed E-state index contributed by atoms with van der Waals surface area (Å²) >= 11 is 0. The van der Waals surface area contributed by atoms with Crippen molar-refractivity contribution in [1.29, 1.82) is 0 Å². The number of carbonyl (C=O) groups excluding carboxylic acids is 2. The van der Waals surface area contributed by atoms with E-state index >= 15 is 0 Å². The van der Waals surface area contributed by atoms with E-state index in [1.807, 2.05) is 0 Å². The van der Waals surface area contributed by atoms with Crippen molar-refractivity contribution >= 4 is 11.9 Å². The monoisotopic (exact) mass is 200 g/mol. The second-order valence-electron chi connectivity index (χ2n) is 3.37. The molecule has 0 spiro atoms. The van der Waals surface area contributed by atoms with Gasteiger partial charge < -0.3 is 15.4 Å². The van der Waals surface area contributed by atoms with Gasteiger partial charge in [-0.2, -0.15) is 0 Å². The minimum atomic E-state index is -0.351. The molecule has 0 bridgehead atoms.